The third-order valence-corrected chi connectivity index (χ3v) is 4.05. The molecule has 128 valence electrons. The molecule has 4 rings (SSSR count). The van der Waals surface area contributed by atoms with E-state index in [-0.39, 0.29) is 18.2 Å². The zero-order valence-electron chi connectivity index (χ0n) is 13.6. The van der Waals surface area contributed by atoms with Crippen LogP contribution in [0, 0.1) is 5.82 Å². The number of nitrogen functional groups attached to an aromatic ring is 1. The van der Waals surface area contributed by atoms with E-state index in [1.54, 1.807) is 6.20 Å². The maximum Gasteiger partial charge on any atom is 0.271 e. The number of rotatable bonds is 3. The first-order chi connectivity index (χ1) is 12.6. The van der Waals surface area contributed by atoms with Crippen molar-refractivity contribution in [2.45, 2.75) is 6.54 Å². The fraction of sp³-hybridized carbons (Fsp3) is 0.0526. The second-order valence-electron chi connectivity index (χ2n) is 5.77. The number of hydrogen-bond donors (Lipinski definition) is 2. The molecule has 0 unspecified atom stereocenters. The van der Waals surface area contributed by atoms with Crippen molar-refractivity contribution >= 4 is 33.7 Å². The molecule has 3 N–H and O–H groups in total. The van der Waals surface area contributed by atoms with Crippen LogP contribution in [0.1, 0.15) is 16.1 Å². The van der Waals surface area contributed by atoms with E-state index in [9.17, 15) is 9.18 Å². The van der Waals surface area contributed by atoms with Crippen molar-refractivity contribution in [1.29, 1.82) is 0 Å². The van der Waals surface area contributed by atoms with E-state index in [0.29, 0.717) is 10.9 Å². The number of carbonyl (C=O) groups is 1. The van der Waals surface area contributed by atoms with Crippen molar-refractivity contribution < 1.29 is 9.18 Å². The Morgan fingerprint density at radius 1 is 1.12 bits per heavy atom. The van der Waals surface area contributed by atoms with Gasteiger partial charge in [0.15, 0.2) is 0 Å². The minimum atomic E-state index is -0.474. The summed E-state index contributed by atoms with van der Waals surface area (Å²) in [5, 5.41) is 4.10. The molecule has 0 radical (unpaired) electrons. The summed E-state index contributed by atoms with van der Waals surface area (Å²) < 4.78 is 13.6. The monoisotopic (exact) mass is 347 g/mol. The lowest BCUT2D eigenvalue weighted by atomic mass is 10.1. The van der Waals surface area contributed by atoms with Gasteiger partial charge in [-0.3, -0.25) is 9.78 Å². The number of benzene rings is 2. The van der Waals surface area contributed by atoms with Crippen LogP contribution in [0.25, 0.3) is 21.8 Å². The predicted molar refractivity (Wildman–Crippen MR) is 96.8 cm³/mol. The average Bonchev–Trinajstić information content (AvgIpc) is 2.65. The third kappa shape index (κ3) is 2.90. The molecule has 0 fully saturated rings. The molecule has 0 atom stereocenters. The van der Waals surface area contributed by atoms with Crippen molar-refractivity contribution in [3.05, 3.63) is 71.8 Å². The van der Waals surface area contributed by atoms with Gasteiger partial charge in [0.2, 0.25) is 5.95 Å². The van der Waals surface area contributed by atoms with Crippen LogP contribution in [-0.2, 0) is 6.54 Å². The average molecular weight is 347 g/mol. The molecule has 0 bridgehead atoms. The van der Waals surface area contributed by atoms with E-state index in [2.05, 4.69) is 20.3 Å². The Labute approximate surface area is 147 Å². The molecule has 0 aliphatic heterocycles. The van der Waals surface area contributed by atoms with Crippen LogP contribution in [0.15, 0.2) is 54.7 Å². The summed E-state index contributed by atoms with van der Waals surface area (Å²) in [4.78, 5) is 25.0. The van der Waals surface area contributed by atoms with E-state index in [4.69, 9.17) is 5.73 Å². The van der Waals surface area contributed by atoms with Crippen LogP contribution in [0.5, 0.6) is 0 Å². The summed E-state index contributed by atoms with van der Waals surface area (Å²) in [5.41, 5.74) is 7.81. The summed E-state index contributed by atoms with van der Waals surface area (Å²) in [5.74, 6) is -0.970. The first-order valence-corrected chi connectivity index (χ1v) is 7.95. The molecule has 7 heteroatoms. The number of pyridine rings is 1. The number of halogens is 1. The molecule has 2 aromatic carbocycles. The highest BCUT2D eigenvalue weighted by atomic mass is 19.1. The van der Waals surface area contributed by atoms with Crippen LogP contribution in [-0.4, -0.2) is 20.9 Å². The minimum Gasteiger partial charge on any atom is -0.368 e. The fourth-order valence-corrected chi connectivity index (χ4v) is 2.86. The van der Waals surface area contributed by atoms with E-state index in [0.717, 1.165) is 16.5 Å². The van der Waals surface area contributed by atoms with Gasteiger partial charge in [-0.05, 0) is 29.8 Å². The normalized spacial score (nSPS) is 11.0. The molecule has 0 aliphatic carbocycles. The van der Waals surface area contributed by atoms with Gasteiger partial charge >= 0.3 is 0 Å². The van der Waals surface area contributed by atoms with Gasteiger partial charge in [-0.15, -0.1) is 0 Å². The van der Waals surface area contributed by atoms with Crippen LogP contribution in [0.3, 0.4) is 0 Å². The predicted octanol–water partition coefficient (Wildman–Crippen LogP) is 2.83. The second-order valence-corrected chi connectivity index (χ2v) is 5.77. The molecule has 0 spiro atoms. The van der Waals surface area contributed by atoms with Gasteiger partial charge in [0.05, 0.1) is 11.0 Å². The third-order valence-electron chi connectivity index (χ3n) is 4.05. The van der Waals surface area contributed by atoms with Crippen molar-refractivity contribution in [3.63, 3.8) is 0 Å². The quantitative estimate of drug-likeness (QED) is 0.594. The molecular formula is C19H14FN5O. The molecule has 4 aromatic rings. The number of nitrogens with one attached hydrogen (secondary N) is 1. The van der Waals surface area contributed by atoms with Crippen molar-refractivity contribution in [2.75, 3.05) is 5.73 Å². The van der Waals surface area contributed by atoms with Gasteiger partial charge < -0.3 is 11.1 Å². The smallest absolute Gasteiger partial charge is 0.271 e. The molecule has 0 saturated heterocycles. The Kier molecular flexibility index (Phi) is 3.89. The van der Waals surface area contributed by atoms with E-state index >= 15 is 0 Å². The number of aromatic nitrogens is 3. The SMILES string of the molecule is Nc1nc(C(=O)NCc2cccc3cccnc23)c2cc(F)ccc2n1. The Balaban J connectivity index is 1.66. The van der Waals surface area contributed by atoms with Gasteiger partial charge in [-0.1, -0.05) is 24.3 Å². The van der Waals surface area contributed by atoms with Gasteiger partial charge in [0.25, 0.3) is 5.91 Å². The van der Waals surface area contributed by atoms with Crippen molar-refractivity contribution in [3.8, 4) is 0 Å². The van der Waals surface area contributed by atoms with Gasteiger partial charge in [0.1, 0.15) is 11.5 Å². The van der Waals surface area contributed by atoms with Crippen LogP contribution < -0.4 is 11.1 Å². The molecule has 26 heavy (non-hydrogen) atoms. The van der Waals surface area contributed by atoms with Crippen molar-refractivity contribution in [2.24, 2.45) is 0 Å². The number of para-hydroxylation sites is 1. The number of hydrogen-bond acceptors (Lipinski definition) is 5. The highest BCUT2D eigenvalue weighted by molar-refractivity contribution is 6.04. The highest BCUT2D eigenvalue weighted by Gasteiger charge is 2.15. The molecule has 6 nitrogen and oxygen atoms in total. The summed E-state index contributed by atoms with van der Waals surface area (Å²) in [7, 11) is 0. The van der Waals surface area contributed by atoms with E-state index < -0.39 is 11.7 Å². The summed E-state index contributed by atoms with van der Waals surface area (Å²) in [6.45, 7) is 0.258. The van der Waals surface area contributed by atoms with Crippen LogP contribution in [0.2, 0.25) is 0 Å². The number of amides is 1. The van der Waals surface area contributed by atoms with Gasteiger partial charge in [-0.25, -0.2) is 14.4 Å². The fourth-order valence-electron chi connectivity index (χ4n) is 2.86. The maximum absolute atomic E-state index is 13.6. The van der Waals surface area contributed by atoms with Gasteiger partial charge in [0, 0.05) is 23.5 Å². The van der Waals surface area contributed by atoms with E-state index in [1.165, 1.54) is 18.2 Å². The first kappa shape index (κ1) is 15.9. The Bertz CT molecular complexity index is 1140. The van der Waals surface area contributed by atoms with E-state index in [1.807, 2.05) is 30.3 Å². The lowest BCUT2D eigenvalue weighted by Crippen LogP contribution is -2.25. The largest absolute Gasteiger partial charge is 0.368 e. The number of anilines is 1. The van der Waals surface area contributed by atoms with Gasteiger partial charge in [-0.2, -0.15) is 0 Å². The standard InChI is InChI=1S/C19H14FN5O/c20-13-6-7-15-14(9-13)17(25-19(21)24-15)18(26)23-10-12-4-1-3-11-5-2-8-22-16(11)12/h1-9H,10H2,(H,23,26)(H2,21,24,25). The zero-order chi connectivity index (χ0) is 18.1. The maximum atomic E-state index is 13.6. The molecule has 1 amide bonds. The Morgan fingerprint density at radius 2 is 1.96 bits per heavy atom. The summed E-state index contributed by atoms with van der Waals surface area (Å²) in [6.07, 6.45) is 1.70. The molecule has 0 saturated carbocycles. The summed E-state index contributed by atoms with van der Waals surface area (Å²) >= 11 is 0. The molecular weight excluding hydrogens is 333 g/mol. The second kappa shape index (κ2) is 6.36. The summed E-state index contributed by atoms with van der Waals surface area (Å²) in [6, 6.07) is 13.5. The number of nitrogens with two attached hydrogens (primary N) is 1. The van der Waals surface area contributed by atoms with Crippen molar-refractivity contribution in [1.82, 2.24) is 20.3 Å². The van der Waals surface area contributed by atoms with Crippen LogP contribution >= 0.6 is 0 Å². The number of fused-ring (bicyclic) bond motifs is 2. The number of carbonyl (C=O) groups excluding carboxylic acids is 1. The minimum absolute atomic E-state index is 0.0407. The molecule has 2 heterocycles. The lowest BCUT2D eigenvalue weighted by Gasteiger charge is -2.09. The number of nitrogens with zero attached hydrogens (tertiary/aromatic N) is 3. The first-order valence-electron chi connectivity index (χ1n) is 7.95. The molecule has 2 aromatic heterocycles. The van der Waals surface area contributed by atoms with Crippen LogP contribution in [0.4, 0.5) is 10.3 Å². The Morgan fingerprint density at radius 3 is 2.85 bits per heavy atom. The lowest BCUT2D eigenvalue weighted by molar-refractivity contribution is 0.0948. The molecule has 0 aliphatic rings. The topological polar surface area (TPSA) is 93.8 Å². The zero-order valence-corrected chi connectivity index (χ0v) is 13.6. The highest BCUT2D eigenvalue weighted by Crippen LogP contribution is 2.19. The Hall–Kier alpha value is -3.61.